The van der Waals surface area contributed by atoms with Crippen molar-refractivity contribution in [2.45, 2.75) is 0 Å². The number of anilines is 1. The Morgan fingerprint density at radius 1 is 1.27 bits per heavy atom. The van der Waals surface area contributed by atoms with Crippen molar-refractivity contribution in [3.63, 3.8) is 0 Å². The van der Waals surface area contributed by atoms with E-state index in [4.69, 9.17) is 27.9 Å². The summed E-state index contributed by atoms with van der Waals surface area (Å²) in [5.41, 5.74) is 0.223. The highest BCUT2D eigenvalue weighted by atomic mass is 35.5. The van der Waals surface area contributed by atoms with E-state index in [2.05, 4.69) is 15.4 Å². The van der Waals surface area contributed by atoms with E-state index in [9.17, 15) is 10.1 Å². The van der Waals surface area contributed by atoms with Gasteiger partial charge >= 0.3 is 0 Å². The molecule has 0 spiro atoms. The van der Waals surface area contributed by atoms with Gasteiger partial charge in [0.1, 0.15) is 17.2 Å². The Hall–Kier alpha value is -3.08. The quantitative estimate of drug-likeness (QED) is 0.736. The number of hydrogen-bond donors (Lipinski definition) is 1. The van der Waals surface area contributed by atoms with Gasteiger partial charge in [-0.05, 0) is 24.3 Å². The molecule has 0 radical (unpaired) electrons. The minimum absolute atomic E-state index is 0.0549. The topological polar surface area (TPSA) is 92.8 Å². The lowest BCUT2D eigenvalue weighted by molar-refractivity contribution is 0.102. The number of carbonyl (C=O) groups excluding carboxylic acids is 1. The van der Waals surface area contributed by atoms with E-state index >= 15 is 0 Å². The molecule has 2 heterocycles. The second-order valence-electron chi connectivity index (χ2n) is 5.01. The zero-order chi connectivity index (χ0) is 18.7. The van der Waals surface area contributed by atoms with Gasteiger partial charge in [-0.3, -0.25) is 4.79 Å². The molecule has 9 heteroatoms. The highest BCUT2D eigenvalue weighted by Gasteiger charge is 2.23. The molecule has 0 aliphatic carbocycles. The van der Waals surface area contributed by atoms with Gasteiger partial charge in [0, 0.05) is 6.20 Å². The van der Waals surface area contributed by atoms with Crippen LogP contribution in [0.1, 0.15) is 15.9 Å². The molecule has 2 aromatic heterocycles. The van der Waals surface area contributed by atoms with E-state index in [0.29, 0.717) is 5.82 Å². The minimum Gasteiger partial charge on any atom is -0.494 e. The van der Waals surface area contributed by atoms with Gasteiger partial charge in [-0.1, -0.05) is 29.3 Å². The fourth-order valence-electron chi connectivity index (χ4n) is 2.32. The third-order valence-electron chi connectivity index (χ3n) is 3.48. The number of carbonyl (C=O) groups is 1. The van der Waals surface area contributed by atoms with Gasteiger partial charge in [0.15, 0.2) is 17.4 Å². The van der Waals surface area contributed by atoms with Crippen molar-refractivity contribution >= 4 is 34.9 Å². The molecule has 0 bridgehead atoms. The maximum atomic E-state index is 12.8. The molecule has 1 amide bonds. The van der Waals surface area contributed by atoms with Gasteiger partial charge in [-0.25, -0.2) is 4.98 Å². The van der Waals surface area contributed by atoms with Gasteiger partial charge in [0.05, 0.1) is 23.4 Å². The van der Waals surface area contributed by atoms with E-state index in [1.165, 1.54) is 30.1 Å². The number of nitrogens with zero attached hydrogens (tertiary/aromatic N) is 4. The molecule has 0 atom stereocenters. The van der Waals surface area contributed by atoms with Crippen molar-refractivity contribution in [2.75, 3.05) is 12.4 Å². The molecule has 0 aliphatic rings. The standard InChI is InChI=1S/C17H11Cl2N5O2/c1-26-15-12(19)6-5-11(18)14(15)17(25)23-16-10(8-20)9-22-24(16)13-4-2-3-7-21-13/h2-7,9H,1H3,(H,23,25). The molecule has 0 unspecified atom stereocenters. The molecule has 3 aromatic rings. The van der Waals surface area contributed by atoms with Crippen molar-refractivity contribution in [3.05, 3.63) is 63.9 Å². The zero-order valence-corrected chi connectivity index (χ0v) is 14.9. The molecule has 1 aromatic carbocycles. The number of rotatable bonds is 4. The number of hydrogen-bond acceptors (Lipinski definition) is 5. The SMILES string of the molecule is COc1c(Cl)ccc(Cl)c1C(=O)Nc1c(C#N)cnn1-c1ccccn1. The van der Waals surface area contributed by atoms with E-state index < -0.39 is 5.91 Å². The molecule has 0 saturated carbocycles. The summed E-state index contributed by atoms with van der Waals surface area (Å²) in [7, 11) is 1.38. The second-order valence-corrected chi connectivity index (χ2v) is 5.82. The Labute approximate surface area is 158 Å². The Morgan fingerprint density at radius 3 is 2.69 bits per heavy atom. The maximum absolute atomic E-state index is 12.8. The summed E-state index contributed by atoms with van der Waals surface area (Å²) in [5, 5.41) is 16.5. The van der Waals surface area contributed by atoms with Crippen LogP contribution < -0.4 is 10.1 Å². The summed E-state index contributed by atoms with van der Waals surface area (Å²) in [6, 6.07) is 10.2. The van der Waals surface area contributed by atoms with Crippen LogP contribution in [0.3, 0.4) is 0 Å². The lowest BCUT2D eigenvalue weighted by Gasteiger charge is -2.13. The van der Waals surface area contributed by atoms with Gasteiger partial charge in [0.25, 0.3) is 5.91 Å². The maximum Gasteiger partial charge on any atom is 0.262 e. The summed E-state index contributed by atoms with van der Waals surface area (Å²) >= 11 is 12.2. The fraction of sp³-hybridized carbons (Fsp3) is 0.0588. The number of halogens is 2. The van der Waals surface area contributed by atoms with Crippen LogP contribution in [0.15, 0.2) is 42.7 Å². The molecule has 7 nitrogen and oxygen atoms in total. The molecule has 130 valence electrons. The minimum atomic E-state index is -0.594. The molecular formula is C17H11Cl2N5O2. The third kappa shape index (κ3) is 3.20. The number of methoxy groups -OCH3 is 1. The number of nitrogens with one attached hydrogen (secondary N) is 1. The van der Waals surface area contributed by atoms with Crippen LogP contribution >= 0.6 is 23.2 Å². The highest BCUT2D eigenvalue weighted by Crippen LogP contribution is 2.34. The second kappa shape index (κ2) is 7.44. The first-order valence-corrected chi connectivity index (χ1v) is 8.05. The van der Waals surface area contributed by atoms with E-state index in [-0.39, 0.29) is 32.7 Å². The van der Waals surface area contributed by atoms with Gasteiger partial charge < -0.3 is 10.1 Å². The number of aromatic nitrogens is 3. The molecule has 26 heavy (non-hydrogen) atoms. The van der Waals surface area contributed by atoms with Gasteiger partial charge in [0.2, 0.25) is 0 Å². The van der Waals surface area contributed by atoms with Crippen LogP contribution in [-0.2, 0) is 0 Å². The highest BCUT2D eigenvalue weighted by molar-refractivity contribution is 6.37. The number of ether oxygens (including phenoxy) is 1. The molecule has 1 N–H and O–H groups in total. The number of benzene rings is 1. The van der Waals surface area contributed by atoms with Crippen LogP contribution in [0.2, 0.25) is 10.0 Å². The average molecular weight is 388 g/mol. The number of amides is 1. The first-order valence-electron chi connectivity index (χ1n) is 7.29. The first kappa shape index (κ1) is 17.7. The first-order chi connectivity index (χ1) is 12.6. The summed E-state index contributed by atoms with van der Waals surface area (Å²) < 4.78 is 6.54. The van der Waals surface area contributed by atoms with Crippen LogP contribution in [0.25, 0.3) is 5.82 Å². The molecular weight excluding hydrogens is 377 g/mol. The normalized spacial score (nSPS) is 10.2. The predicted octanol–water partition coefficient (Wildman–Crippen LogP) is 3.71. The largest absolute Gasteiger partial charge is 0.494 e. The molecule has 0 fully saturated rings. The van der Waals surface area contributed by atoms with E-state index in [0.717, 1.165) is 0 Å². The van der Waals surface area contributed by atoms with Crippen molar-refractivity contribution in [3.8, 4) is 17.6 Å². The van der Waals surface area contributed by atoms with Crippen LogP contribution in [0, 0.1) is 11.3 Å². The Bertz CT molecular complexity index is 1010. The van der Waals surface area contributed by atoms with E-state index in [1.807, 2.05) is 6.07 Å². The molecule has 0 aliphatic heterocycles. The summed E-state index contributed by atoms with van der Waals surface area (Å²) in [6.45, 7) is 0. The Morgan fingerprint density at radius 2 is 2.04 bits per heavy atom. The third-order valence-corrected chi connectivity index (χ3v) is 4.09. The smallest absolute Gasteiger partial charge is 0.262 e. The number of pyridine rings is 1. The lowest BCUT2D eigenvalue weighted by atomic mass is 10.1. The zero-order valence-electron chi connectivity index (χ0n) is 13.4. The van der Waals surface area contributed by atoms with Gasteiger partial charge in [-0.15, -0.1) is 0 Å². The average Bonchev–Trinajstić information content (AvgIpc) is 3.06. The van der Waals surface area contributed by atoms with Crippen molar-refractivity contribution in [1.29, 1.82) is 5.26 Å². The fourth-order valence-corrected chi connectivity index (χ4v) is 2.79. The van der Waals surface area contributed by atoms with Crippen LogP contribution in [0.4, 0.5) is 5.82 Å². The molecule has 3 rings (SSSR count). The lowest BCUT2D eigenvalue weighted by Crippen LogP contribution is -2.18. The Balaban J connectivity index is 2.06. The Kier molecular flexibility index (Phi) is 5.07. The molecule has 0 saturated heterocycles. The van der Waals surface area contributed by atoms with Gasteiger partial charge in [-0.2, -0.15) is 15.0 Å². The summed E-state index contributed by atoms with van der Waals surface area (Å²) in [5.74, 6) is 0.144. The number of nitriles is 1. The van der Waals surface area contributed by atoms with Crippen molar-refractivity contribution in [1.82, 2.24) is 14.8 Å². The summed E-state index contributed by atoms with van der Waals surface area (Å²) in [6.07, 6.45) is 2.91. The summed E-state index contributed by atoms with van der Waals surface area (Å²) in [4.78, 5) is 17.0. The van der Waals surface area contributed by atoms with Crippen molar-refractivity contribution < 1.29 is 9.53 Å². The van der Waals surface area contributed by atoms with Crippen LogP contribution in [-0.4, -0.2) is 27.8 Å². The van der Waals surface area contributed by atoms with Crippen molar-refractivity contribution in [2.24, 2.45) is 0 Å². The van der Waals surface area contributed by atoms with E-state index in [1.54, 1.807) is 24.4 Å². The predicted molar refractivity (Wildman–Crippen MR) is 97.0 cm³/mol. The van der Waals surface area contributed by atoms with Crippen LogP contribution in [0.5, 0.6) is 5.75 Å². The monoisotopic (exact) mass is 387 g/mol.